The van der Waals surface area contributed by atoms with E-state index in [1.54, 1.807) is 42.7 Å². The van der Waals surface area contributed by atoms with Crippen molar-refractivity contribution in [1.82, 2.24) is 10.3 Å². The van der Waals surface area contributed by atoms with Gasteiger partial charge in [-0.25, -0.2) is 8.42 Å². The quantitative estimate of drug-likeness (QED) is 0.694. The van der Waals surface area contributed by atoms with Gasteiger partial charge < -0.3 is 14.8 Å². The van der Waals surface area contributed by atoms with Crippen LogP contribution in [-0.2, 0) is 21.4 Å². The molecule has 1 aromatic carbocycles. The molecule has 1 heterocycles. The molecule has 146 valence electrons. The Morgan fingerprint density at radius 2 is 1.85 bits per heavy atom. The zero-order valence-corrected chi connectivity index (χ0v) is 16.3. The minimum atomic E-state index is -3.61. The number of aromatic nitrogens is 1. The minimum Gasteiger partial charge on any atom is -0.497 e. The van der Waals surface area contributed by atoms with Crippen LogP contribution in [0.3, 0.4) is 0 Å². The van der Waals surface area contributed by atoms with Gasteiger partial charge in [0.1, 0.15) is 11.5 Å². The summed E-state index contributed by atoms with van der Waals surface area (Å²) in [5.74, 6) is 0.629. The normalized spacial score (nSPS) is 10.9. The first-order chi connectivity index (χ1) is 12.8. The van der Waals surface area contributed by atoms with E-state index in [0.29, 0.717) is 23.7 Å². The summed E-state index contributed by atoms with van der Waals surface area (Å²) in [7, 11) is -0.654. The van der Waals surface area contributed by atoms with E-state index in [1.807, 2.05) is 0 Å². The van der Waals surface area contributed by atoms with Crippen molar-refractivity contribution in [1.29, 1.82) is 0 Å². The molecule has 0 aliphatic rings. The molecule has 1 aromatic heterocycles. The first kappa shape index (κ1) is 20.5. The van der Waals surface area contributed by atoms with Gasteiger partial charge in [0.2, 0.25) is 15.9 Å². The third-order valence-corrected chi connectivity index (χ3v) is 5.02. The van der Waals surface area contributed by atoms with Gasteiger partial charge in [0.05, 0.1) is 26.2 Å². The molecule has 27 heavy (non-hydrogen) atoms. The van der Waals surface area contributed by atoms with Crippen LogP contribution in [0.2, 0.25) is 0 Å². The van der Waals surface area contributed by atoms with Gasteiger partial charge in [0.15, 0.2) is 0 Å². The third-order valence-electron chi connectivity index (χ3n) is 3.84. The Hall–Kier alpha value is -2.81. The number of pyridine rings is 1. The van der Waals surface area contributed by atoms with E-state index in [-0.39, 0.29) is 18.9 Å². The minimum absolute atomic E-state index is 0.00728. The molecule has 8 nitrogen and oxygen atoms in total. The summed E-state index contributed by atoms with van der Waals surface area (Å²) >= 11 is 0. The lowest BCUT2D eigenvalue weighted by Crippen LogP contribution is -2.34. The van der Waals surface area contributed by atoms with Crippen LogP contribution < -0.4 is 19.1 Å². The van der Waals surface area contributed by atoms with Crippen LogP contribution in [0.4, 0.5) is 5.69 Å². The highest BCUT2D eigenvalue weighted by molar-refractivity contribution is 7.92. The number of sulfonamides is 1. The molecule has 0 fully saturated rings. The highest BCUT2D eigenvalue weighted by atomic mass is 32.2. The first-order valence-electron chi connectivity index (χ1n) is 8.20. The summed E-state index contributed by atoms with van der Waals surface area (Å²) in [4.78, 5) is 16.0. The molecule has 0 aliphatic heterocycles. The molecule has 2 aromatic rings. The summed E-state index contributed by atoms with van der Waals surface area (Å²) in [5.41, 5.74) is 1.26. The average Bonchev–Trinajstić information content (AvgIpc) is 2.66. The topological polar surface area (TPSA) is 97.8 Å². The molecule has 0 aliphatic carbocycles. The maximum Gasteiger partial charge on any atom is 0.232 e. The molecule has 0 spiro atoms. The van der Waals surface area contributed by atoms with Gasteiger partial charge in [-0.15, -0.1) is 0 Å². The molecule has 0 bridgehead atoms. The lowest BCUT2D eigenvalue weighted by Gasteiger charge is -2.24. The number of benzene rings is 1. The lowest BCUT2D eigenvalue weighted by molar-refractivity contribution is -0.121. The maximum atomic E-state index is 12.2. The van der Waals surface area contributed by atoms with E-state index in [2.05, 4.69) is 10.3 Å². The zero-order valence-electron chi connectivity index (χ0n) is 15.5. The van der Waals surface area contributed by atoms with Crippen molar-refractivity contribution < 1.29 is 22.7 Å². The Balaban J connectivity index is 2.08. The second-order valence-corrected chi connectivity index (χ2v) is 7.66. The molecular weight excluding hydrogens is 370 g/mol. The predicted octanol–water partition coefficient (Wildman–Crippen LogP) is 1.57. The van der Waals surface area contributed by atoms with Gasteiger partial charge >= 0.3 is 0 Å². The number of methoxy groups -OCH3 is 2. The van der Waals surface area contributed by atoms with Crippen molar-refractivity contribution in [3.05, 3.63) is 48.3 Å². The summed E-state index contributed by atoms with van der Waals surface area (Å²) < 4.78 is 36.1. The molecule has 2 rings (SSSR count). The van der Waals surface area contributed by atoms with E-state index in [4.69, 9.17) is 9.47 Å². The van der Waals surface area contributed by atoms with Gasteiger partial charge in [0, 0.05) is 38.0 Å². The number of carbonyl (C=O) groups is 1. The zero-order chi connectivity index (χ0) is 19.9. The number of nitrogens with one attached hydrogen (secondary N) is 1. The van der Waals surface area contributed by atoms with Crippen molar-refractivity contribution in [2.75, 3.05) is 31.3 Å². The van der Waals surface area contributed by atoms with E-state index in [0.717, 1.165) is 16.1 Å². The van der Waals surface area contributed by atoms with Crippen molar-refractivity contribution in [2.24, 2.45) is 0 Å². The van der Waals surface area contributed by atoms with Gasteiger partial charge in [-0.2, -0.15) is 0 Å². The SMILES string of the molecule is COc1ccc(N(CCC(=O)NCc2ccncc2)S(C)(=O)=O)c(OC)c1. The number of anilines is 1. The van der Waals surface area contributed by atoms with Crippen molar-refractivity contribution in [3.63, 3.8) is 0 Å². The van der Waals surface area contributed by atoms with Crippen LogP contribution in [0.15, 0.2) is 42.7 Å². The van der Waals surface area contributed by atoms with Crippen molar-refractivity contribution >= 4 is 21.6 Å². The number of amides is 1. The van der Waals surface area contributed by atoms with Gasteiger partial charge in [-0.05, 0) is 29.8 Å². The van der Waals surface area contributed by atoms with Gasteiger partial charge in [-0.1, -0.05) is 0 Å². The number of ether oxygens (including phenoxy) is 2. The first-order valence-corrected chi connectivity index (χ1v) is 10.1. The predicted molar refractivity (Wildman–Crippen MR) is 102 cm³/mol. The Morgan fingerprint density at radius 1 is 1.15 bits per heavy atom. The van der Waals surface area contributed by atoms with E-state index in [1.165, 1.54) is 14.2 Å². The van der Waals surface area contributed by atoms with Crippen LogP contribution in [0.25, 0.3) is 0 Å². The molecule has 0 saturated carbocycles. The number of rotatable bonds is 9. The standard InChI is InChI=1S/C18H23N3O5S/c1-25-15-4-5-16(17(12-15)26-2)21(27(3,23)24)11-8-18(22)20-13-14-6-9-19-10-7-14/h4-7,9-10,12H,8,11,13H2,1-3H3,(H,20,22). The highest BCUT2D eigenvalue weighted by Crippen LogP contribution is 2.33. The van der Waals surface area contributed by atoms with Crippen LogP contribution >= 0.6 is 0 Å². The monoisotopic (exact) mass is 393 g/mol. The summed E-state index contributed by atoms with van der Waals surface area (Å²) in [6.07, 6.45) is 4.38. The Kier molecular flexibility index (Phi) is 7.00. The Morgan fingerprint density at radius 3 is 2.44 bits per heavy atom. The van der Waals surface area contributed by atoms with Crippen molar-refractivity contribution in [2.45, 2.75) is 13.0 Å². The number of hydrogen-bond donors (Lipinski definition) is 1. The summed E-state index contributed by atoms with van der Waals surface area (Å²) in [6, 6.07) is 8.42. The molecule has 0 saturated heterocycles. The highest BCUT2D eigenvalue weighted by Gasteiger charge is 2.22. The summed E-state index contributed by atoms with van der Waals surface area (Å²) in [5, 5.41) is 2.76. The number of nitrogens with zero attached hydrogens (tertiary/aromatic N) is 2. The van der Waals surface area contributed by atoms with Crippen LogP contribution in [0.1, 0.15) is 12.0 Å². The molecule has 9 heteroatoms. The average molecular weight is 393 g/mol. The van der Waals surface area contributed by atoms with E-state index in [9.17, 15) is 13.2 Å². The van der Waals surface area contributed by atoms with Crippen LogP contribution in [0, 0.1) is 0 Å². The van der Waals surface area contributed by atoms with Gasteiger partial charge in [-0.3, -0.25) is 14.1 Å². The second-order valence-electron chi connectivity index (χ2n) is 5.76. The molecule has 0 unspecified atom stereocenters. The number of hydrogen-bond acceptors (Lipinski definition) is 6. The largest absolute Gasteiger partial charge is 0.497 e. The Labute approximate surface area is 159 Å². The lowest BCUT2D eigenvalue weighted by atomic mass is 10.2. The van der Waals surface area contributed by atoms with E-state index >= 15 is 0 Å². The molecule has 0 radical (unpaired) electrons. The van der Waals surface area contributed by atoms with Gasteiger partial charge in [0.25, 0.3) is 0 Å². The van der Waals surface area contributed by atoms with Crippen molar-refractivity contribution in [3.8, 4) is 11.5 Å². The fourth-order valence-corrected chi connectivity index (χ4v) is 3.38. The maximum absolute atomic E-state index is 12.2. The van der Waals surface area contributed by atoms with E-state index < -0.39 is 10.0 Å². The molecule has 0 atom stereocenters. The molecule has 1 N–H and O–H groups in total. The number of carbonyl (C=O) groups excluding carboxylic acids is 1. The Bertz CT molecular complexity index is 872. The summed E-state index contributed by atoms with van der Waals surface area (Å²) in [6.45, 7) is 0.343. The second kappa shape index (κ2) is 9.22. The van der Waals surface area contributed by atoms with Crippen LogP contribution in [-0.4, -0.2) is 46.3 Å². The fraction of sp³-hybridized carbons (Fsp3) is 0.333. The molecular formula is C18H23N3O5S. The third kappa shape index (κ3) is 5.85. The smallest absolute Gasteiger partial charge is 0.232 e. The van der Waals surface area contributed by atoms with Crippen LogP contribution in [0.5, 0.6) is 11.5 Å². The molecule has 1 amide bonds. The fourth-order valence-electron chi connectivity index (χ4n) is 2.45.